The highest BCUT2D eigenvalue weighted by molar-refractivity contribution is 5.62. The third-order valence-corrected chi connectivity index (χ3v) is 2.91. The molecule has 0 radical (unpaired) electrons. The normalized spacial score (nSPS) is 11.0. The van der Waals surface area contributed by atoms with Crippen LogP contribution in [0.1, 0.15) is 31.4 Å². The highest BCUT2D eigenvalue weighted by Crippen LogP contribution is 2.28. The van der Waals surface area contributed by atoms with Gasteiger partial charge in [0.2, 0.25) is 0 Å². The molecule has 102 valence electrons. The average Bonchev–Trinajstić information content (AvgIpc) is 2.84. The standard InChI is InChI=1S/C15H19NO3/c1-10(2)15-16-14(13(19-15)8-9-17)11-4-6-12(18-3)7-5-11/h4-7,10,17H,8-9H2,1-3H3. The number of aliphatic hydroxyl groups is 1. The quantitative estimate of drug-likeness (QED) is 0.899. The lowest BCUT2D eigenvalue weighted by Gasteiger charge is -2.02. The van der Waals surface area contributed by atoms with Crippen molar-refractivity contribution in [2.45, 2.75) is 26.2 Å². The molecule has 2 aromatic rings. The third kappa shape index (κ3) is 2.96. The number of ether oxygens (including phenoxy) is 1. The maximum Gasteiger partial charge on any atom is 0.197 e. The lowest BCUT2D eigenvalue weighted by Crippen LogP contribution is -1.91. The van der Waals surface area contributed by atoms with E-state index in [9.17, 15) is 0 Å². The van der Waals surface area contributed by atoms with Gasteiger partial charge in [0.15, 0.2) is 5.89 Å². The summed E-state index contributed by atoms with van der Waals surface area (Å²) in [6.45, 7) is 4.12. The number of benzene rings is 1. The molecule has 0 aliphatic carbocycles. The Hall–Kier alpha value is -1.81. The molecule has 4 heteroatoms. The topological polar surface area (TPSA) is 55.5 Å². The van der Waals surface area contributed by atoms with Gasteiger partial charge in [0.25, 0.3) is 0 Å². The van der Waals surface area contributed by atoms with Gasteiger partial charge in [-0.2, -0.15) is 0 Å². The predicted molar refractivity (Wildman–Crippen MR) is 73.4 cm³/mol. The highest BCUT2D eigenvalue weighted by Gasteiger charge is 2.16. The Morgan fingerprint density at radius 3 is 2.47 bits per heavy atom. The molecule has 0 unspecified atom stereocenters. The van der Waals surface area contributed by atoms with Crippen LogP contribution in [-0.4, -0.2) is 23.8 Å². The van der Waals surface area contributed by atoms with Crippen molar-refractivity contribution in [1.82, 2.24) is 4.98 Å². The van der Waals surface area contributed by atoms with Crippen molar-refractivity contribution < 1.29 is 14.3 Å². The summed E-state index contributed by atoms with van der Waals surface area (Å²) in [5, 5.41) is 9.11. The molecular weight excluding hydrogens is 242 g/mol. The largest absolute Gasteiger partial charge is 0.497 e. The monoisotopic (exact) mass is 261 g/mol. The summed E-state index contributed by atoms with van der Waals surface area (Å²) >= 11 is 0. The number of rotatable bonds is 5. The number of aromatic nitrogens is 1. The van der Waals surface area contributed by atoms with Crippen molar-refractivity contribution in [2.24, 2.45) is 0 Å². The number of aliphatic hydroxyl groups excluding tert-OH is 1. The summed E-state index contributed by atoms with van der Waals surface area (Å²) in [6, 6.07) is 7.67. The lowest BCUT2D eigenvalue weighted by molar-refractivity contribution is 0.285. The molecule has 1 aromatic carbocycles. The van der Waals surface area contributed by atoms with Crippen LogP contribution < -0.4 is 4.74 Å². The summed E-state index contributed by atoms with van der Waals surface area (Å²) in [5.41, 5.74) is 1.78. The molecule has 0 saturated heterocycles. The van der Waals surface area contributed by atoms with Gasteiger partial charge in [-0.15, -0.1) is 0 Å². The molecule has 0 aliphatic rings. The molecule has 0 atom stereocenters. The minimum absolute atomic E-state index is 0.0515. The molecule has 0 amide bonds. The average molecular weight is 261 g/mol. The number of nitrogens with zero attached hydrogens (tertiary/aromatic N) is 1. The molecule has 0 bridgehead atoms. The van der Waals surface area contributed by atoms with E-state index in [1.807, 2.05) is 38.1 Å². The Morgan fingerprint density at radius 2 is 1.95 bits per heavy atom. The molecule has 0 fully saturated rings. The van der Waals surface area contributed by atoms with E-state index in [0.717, 1.165) is 22.8 Å². The first kappa shape index (κ1) is 13.6. The van der Waals surface area contributed by atoms with Crippen LogP contribution in [0.25, 0.3) is 11.3 Å². The van der Waals surface area contributed by atoms with Crippen LogP contribution in [0.4, 0.5) is 0 Å². The van der Waals surface area contributed by atoms with E-state index in [-0.39, 0.29) is 12.5 Å². The van der Waals surface area contributed by atoms with Gasteiger partial charge < -0.3 is 14.3 Å². The molecular formula is C15H19NO3. The van der Waals surface area contributed by atoms with Crippen LogP contribution in [0.3, 0.4) is 0 Å². The lowest BCUT2D eigenvalue weighted by atomic mass is 10.1. The van der Waals surface area contributed by atoms with Crippen molar-refractivity contribution in [3.05, 3.63) is 35.9 Å². The zero-order chi connectivity index (χ0) is 13.8. The first-order chi connectivity index (χ1) is 9.15. The van der Waals surface area contributed by atoms with Gasteiger partial charge >= 0.3 is 0 Å². The fourth-order valence-electron chi connectivity index (χ4n) is 1.86. The zero-order valence-corrected chi connectivity index (χ0v) is 11.5. The van der Waals surface area contributed by atoms with Crippen LogP contribution in [0.2, 0.25) is 0 Å². The molecule has 19 heavy (non-hydrogen) atoms. The van der Waals surface area contributed by atoms with Crippen molar-refractivity contribution >= 4 is 0 Å². The van der Waals surface area contributed by atoms with E-state index in [1.54, 1.807) is 7.11 Å². The second-order valence-electron chi connectivity index (χ2n) is 4.68. The van der Waals surface area contributed by atoms with Crippen LogP contribution in [0.15, 0.2) is 28.7 Å². The van der Waals surface area contributed by atoms with Gasteiger partial charge in [-0.05, 0) is 24.3 Å². The maximum atomic E-state index is 9.11. The molecule has 4 nitrogen and oxygen atoms in total. The first-order valence-electron chi connectivity index (χ1n) is 6.40. The smallest absolute Gasteiger partial charge is 0.197 e. The molecule has 1 N–H and O–H groups in total. The van der Waals surface area contributed by atoms with Gasteiger partial charge in [-0.1, -0.05) is 13.8 Å². The fourth-order valence-corrected chi connectivity index (χ4v) is 1.86. The Kier molecular flexibility index (Phi) is 4.22. The van der Waals surface area contributed by atoms with Gasteiger partial charge in [-0.25, -0.2) is 4.98 Å². The van der Waals surface area contributed by atoms with Crippen LogP contribution in [0.5, 0.6) is 5.75 Å². The van der Waals surface area contributed by atoms with E-state index in [1.165, 1.54) is 0 Å². The Labute approximate surface area is 113 Å². The van der Waals surface area contributed by atoms with Gasteiger partial charge in [0.1, 0.15) is 17.2 Å². The molecule has 0 saturated carbocycles. The van der Waals surface area contributed by atoms with Crippen LogP contribution >= 0.6 is 0 Å². The Balaban J connectivity index is 2.40. The van der Waals surface area contributed by atoms with E-state index in [2.05, 4.69) is 4.98 Å². The number of hydrogen-bond donors (Lipinski definition) is 1. The number of oxazole rings is 1. The Bertz CT molecular complexity index is 529. The second-order valence-corrected chi connectivity index (χ2v) is 4.68. The maximum absolute atomic E-state index is 9.11. The van der Waals surface area contributed by atoms with Crippen molar-refractivity contribution in [2.75, 3.05) is 13.7 Å². The van der Waals surface area contributed by atoms with Crippen LogP contribution in [-0.2, 0) is 6.42 Å². The van der Waals surface area contributed by atoms with Crippen LogP contribution in [0, 0.1) is 0 Å². The molecule has 1 heterocycles. The van der Waals surface area contributed by atoms with E-state index >= 15 is 0 Å². The minimum Gasteiger partial charge on any atom is -0.497 e. The molecule has 0 aliphatic heterocycles. The molecule has 0 spiro atoms. The molecule has 1 aromatic heterocycles. The summed E-state index contributed by atoms with van der Waals surface area (Å²) in [5.74, 6) is 2.47. The van der Waals surface area contributed by atoms with E-state index < -0.39 is 0 Å². The van der Waals surface area contributed by atoms with Gasteiger partial charge in [-0.3, -0.25) is 0 Å². The highest BCUT2D eigenvalue weighted by atomic mass is 16.5. The third-order valence-electron chi connectivity index (χ3n) is 2.91. The summed E-state index contributed by atoms with van der Waals surface area (Å²) in [7, 11) is 1.64. The van der Waals surface area contributed by atoms with Gasteiger partial charge in [0, 0.05) is 17.9 Å². The zero-order valence-electron chi connectivity index (χ0n) is 11.5. The van der Waals surface area contributed by atoms with Crippen molar-refractivity contribution in [3.63, 3.8) is 0 Å². The summed E-state index contributed by atoms with van der Waals surface area (Å²) in [6.07, 6.45) is 0.473. The minimum atomic E-state index is 0.0515. The number of hydrogen-bond acceptors (Lipinski definition) is 4. The molecule has 2 rings (SSSR count). The second kappa shape index (κ2) is 5.89. The van der Waals surface area contributed by atoms with Crippen molar-refractivity contribution in [3.8, 4) is 17.0 Å². The predicted octanol–water partition coefficient (Wildman–Crippen LogP) is 3.01. The van der Waals surface area contributed by atoms with Crippen molar-refractivity contribution in [1.29, 1.82) is 0 Å². The fraction of sp³-hybridized carbons (Fsp3) is 0.400. The van der Waals surface area contributed by atoms with Gasteiger partial charge in [0.05, 0.1) is 13.7 Å². The summed E-state index contributed by atoms with van der Waals surface area (Å²) < 4.78 is 10.9. The van der Waals surface area contributed by atoms with E-state index in [4.69, 9.17) is 14.3 Å². The summed E-state index contributed by atoms with van der Waals surface area (Å²) in [4.78, 5) is 4.54. The Morgan fingerprint density at radius 1 is 1.26 bits per heavy atom. The SMILES string of the molecule is COc1ccc(-c2nc(C(C)C)oc2CCO)cc1. The first-order valence-corrected chi connectivity index (χ1v) is 6.40. The van der Waals surface area contributed by atoms with E-state index in [0.29, 0.717) is 12.3 Å². The number of methoxy groups -OCH3 is 1.